The maximum atomic E-state index is 13.3. The van der Waals surface area contributed by atoms with Crippen molar-refractivity contribution in [1.82, 2.24) is 5.32 Å². The maximum absolute atomic E-state index is 13.3. The minimum atomic E-state index is -1.00. The molecule has 0 aliphatic heterocycles. The Balaban J connectivity index is 2.65. The van der Waals surface area contributed by atoms with Crippen LogP contribution in [-0.2, 0) is 4.79 Å². The van der Waals surface area contributed by atoms with Crippen LogP contribution in [0.4, 0.5) is 14.5 Å². The summed E-state index contributed by atoms with van der Waals surface area (Å²) in [5, 5.41) is 14.1. The zero-order valence-electron chi connectivity index (χ0n) is 11.6. The van der Waals surface area contributed by atoms with Gasteiger partial charge >= 0.3 is 0 Å². The summed E-state index contributed by atoms with van der Waals surface area (Å²) in [6.45, 7) is 4.98. The standard InChI is InChI=1S/C14H17F2N3O/c1-9(2)14(3,8-17)19-13(20)7-18-12-6-10(15)4-5-11(12)16/h4-6,9,18H,7H2,1-3H3,(H,19,20)/t14-/m1/s1. The van der Waals surface area contributed by atoms with E-state index in [1.54, 1.807) is 6.92 Å². The number of hydrogen-bond acceptors (Lipinski definition) is 3. The molecule has 0 spiro atoms. The highest BCUT2D eigenvalue weighted by atomic mass is 19.1. The van der Waals surface area contributed by atoms with Crippen LogP contribution in [0.25, 0.3) is 0 Å². The minimum absolute atomic E-state index is 0.0812. The molecule has 1 amide bonds. The van der Waals surface area contributed by atoms with Crippen LogP contribution >= 0.6 is 0 Å². The summed E-state index contributed by atoms with van der Waals surface area (Å²) in [4.78, 5) is 11.8. The highest BCUT2D eigenvalue weighted by molar-refractivity contribution is 5.81. The van der Waals surface area contributed by atoms with E-state index in [-0.39, 0.29) is 18.2 Å². The lowest BCUT2D eigenvalue weighted by Crippen LogP contribution is -2.50. The highest BCUT2D eigenvalue weighted by Crippen LogP contribution is 2.16. The second-order valence-electron chi connectivity index (χ2n) is 4.99. The number of carbonyl (C=O) groups excluding carboxylic acids is 1. The predicted molar refractivity (Wildman–Crippen MR) is 71.8 cm³/mol. The summed E-state index contributed by atoms with van der Waals surface area (Å²) in [5.41, 5.74) is -1.09. The van der Waals surface area contributed by atoms with Crippen molar-refractivity contribution >= 4 is 11.6 Å². The van der Waals surface area contributed by atoms with Gasteiger partial charge in [-0.2, -0.15) is 5.26 Å². The Hall–Kier alpha value is -2.16. The third kappa shape index (κ3) is 3.92. The Morgan fingerprint density at radius 2 is 2.10 bits per heavy atom. The van der Waals surface area contributed by atoms with Gasteiger partial charge in [0.25, 0.3) is 0 Å². The lowest BCUT2D eigenvalue weighted by molar-refractivity contribution is -0.121. The second-order valence-corrected chi connectivity index (χ2v) is 4.99. The molecule has 2 N–H and O–H groups in total. The first kappa shape index (κ1) is 15.9. The van der Waals surface area contributed by atoms with E-state index in [1.165, 1.54) is 0 Å². The molecule has 1 aromatic rings. The Kier molecular flexibility index (Phi) is 5.03. The molecular weight excluding hydrogens is 264 g/mol. The molecule has 0 aliphatic rings. The van der Waals surface area contributed by atoms with E-state index in [1.807, 2.05) is 19.9 Å². The Morgan fingerprint density at radius 1 is 1.45 bits per heavy atom. The Morgan fingerprint density at radius 3 is 2.65 bits per heavy atom. The minimum Gasteiger partial charge on any atom is -0.374 e. The zero-order valence-corrected chi connectivity index (χ0v) is 11.6. The van der Waals surface area contributed by atoms with E-state index < -0.39 is 23.1 Å². The molecule has 1 atom stereocenters. The fourth-order valence-corrected chi connectivity index (χ4v) is 1.44. The first-order chi connectivity index (χ1) is 9.28. The molecule has 0 heterocycles. The van der Waals surface area contributed by atoms with Crippen LogP contribution in [0.1, 0.15) is 20.8 Å². The number of hydrogen-bond donors (Lipinski definition) is 2. The molecule has 4 nitrogen and oxygen atoms in total. The van der Waals surface area contributed by atoms with Crippen molar-refractivity contribution in [2.45, 2.75) is 26.3 Å². The van der Waals surface area contributed by atoms with Gasteiger partial charge in [-0.25, -0.2) is 8.78 Å². The largest absolute Gasteiger partial charge is 0.374 e. The molecule has 20 heavy (non-hydrogen) atoms. The first-order valence-electron chi connectivity index (χ1n) is 6.19. The molecule has 0 aliphatic carbocycles. The van der Waals surface area contributed by atoms with Gasteiger partial charge in [-0.3, -0.25) is 4.79 Å². The number of benzene rings is 1. The smallest absolute Gasteiger partial charge is 0.240 e. The normalized spacial score (nSPS) is 13.4. The average Bonchev–Trinajstić information content (AvgIpc) is 2.39. The average molecular weight is 281 g/mol. The molecule has 0 aromatic heterocycles. The van der Waals surface area contributed by atoms with Gasteiger partial charge in [0.1, 0.15) is 17.2 Å². The molecule has 0 fully saturated rings. The lowest BCUT2D eigenvalue weighted by atomic mass is 9.90. The molecular formula is C14H17F2N3O. The van der Waals surface area contributed by atoms with Gasteiger partial charge in [0.2, 0.25) is 5.91 Å². The van der Waals surface area contributed by atoms with Gasteiger partial charge in [0.05, 0.1) is 18.3 Å². The summed E-state index contributed by atoms with van der Waals surface area (Å²) in [6.07, 6.45) is 0. The van der Waals surface area contributed by atoms with Crippen LogP contribution in [0.3, 0.4) is 0 Å². The molecule has 0 bridgehead atoms. The number of carbonyl (C=O) groups is 1. The van der Waals surface area contributed by atoms with Crippen molar-refractivity contribution in [2.24, 2.45) is 5.92 Å². The molecule has 0 unspecified atom stereocenters. The van der Waals surface area contributed by atoms with Crippen molar-refractivity contribution in [1.29, 1.82) is 5.26 Å². The van der Waals surface area contributed by atoms with Crippen molar-refractivity contribution in [2.75, 3.05) is 11.9 Å². The monoisotopic (exact) mass is 281 g/mol. The third-order valence-corrected chi connectivity index (χ3v) is 3.15. The molecule has 0 saturated heterocycles. The summed E-state index contributed by atoms with van der Waals surface area (Å²) >= 11 is 0. The van der Waals surface area contributed by atoms with E-state index in [4.69, 9.17) is 5.26 Å². The third-order valence-electron chi connectivity index (χ3n) is 3.15. The Bertz CT molecular complexity index is 540. The van der Waals surface area contributed by atoms with Gasteiger partial charge in [-0.05, 0) is 31.0 Å². The molecule has 1 aromatic carbocycles. The van der Waals surface area contributed by atoms with Crippen LogP contribution < -0.4 is 10.6 Å². The predicted octanol–water partition coefficient (Wildman–Crippen LogP) is 2.43. The fourth-order valence-electron chi connectivity index (χ4n) is 1.44. The van der Waals surface area contributed by atoms with Gasteiger partial charge in [-0.1, -0.05) is 13.8 Å². The van der Waals surface area contributed by atoms with Crippen LogP contribution in [0.5, 0.6) is 0 Å². The van der Waals surface area contributed by atoms with Gasteiger partial charge in [-0.15, -0.1) is 0 Å². The number of amides is 1. The number of nitrogens with one attached hydrogen (secondary N) is 2. The quantitative estimate of drug-likeness (QED) is 0.871. The van der Waals surface area contributed by atoms with E-state index >= 15 is 0 Å². The van der Waals surface area contributed by atoms with Crippen LogP contribution in [-0.4, -0.2) is 18.0 Å². The van der Waals surface area contributed by atoms with Crippen LogP contribution in [0, 0.1) is 28.9 Å². The van der Waals surface area contributed by atoms with Gasteiger partial charge in [0.15, 0.2) is 0 Å². The topological polar surface area (TPSA) is 64.9 Å². The molecule has 1 rings (SSSR count). The molecule has 0 radical (unpaired) electrons. The Labute approximate surface area is 116 Å². The number of halogens is 2. The van der Waals surface area contributed by atoms with Crippen molar-refractivity contribution < 1.29 is 13.6 Å². The molecule has 6 heteroatoms. The van der Waals surface area contributed by atoms with E-state index in [9.17, 15) is 13.6 Å². The summed E-state index contributed by atoms with van der Waals surface area (Å²) in [6, 6.07) is 4.97. The SMILES string of the molecule is CC(C)[C@@](C)(C#N)NC(=O)CNc1cc(F)ccc1F. The maximum Gasteiger partial charge on any atom is 0.240 e. The number of nitriles is 1. The first-order valence-corrected chi connectivity index (χ1v) is 6.19. The van der Waals surface area contributed by atoms with Crippen molar-refractivity contribution in [3.8, 4) is 6.07 Å². The second kappa shape index (κ2) is 6.33. The summed E-state index contributed by atoms with van der Waals surface area (Å²) in [7, 11) is 0. The zero-order chi connectivity index (χ0) is 15.3. The van der Waals surface area contributed by atoms with Crippen molar-refractivity contribution in [3.05, 3.63) is 29.8 Å². The fraction of sp³-hybridized carbons (Fsp3) is 0.429. The van der Waals surface area contributed by atoms with Crippen LogP contribution in [0.15, 0.2) is 18.2 Å². The number of nitrogens with zero attached hydrogens (tertiary/aromatic N) is 1. The summed E-state index contributed by atoms with van der Waals surface area (Å²) in [5.74, 6) is -1.79. The lowest BCUT2D eigenvalue weighted by Gasteiger charge is -2.27. The number of rotatable bonds is 5. The number of anilines is 1. The van der Waals surface area contributed by atoms with E-state index in [2.05, 4.69) is 10.6 Å². The molecule has 108 valence electrons. The summed E-state index contributed by atoms with van der Waals surface area (Å²) < 4.78 is 26.3. The highest BCUT2D eigenvalue weighted by Gasteiger charge is 2.29. The van der Waals surface area contributed by atoms with Gasteiger partial charge in [0, 0.05) is 0 Å². The van der Waals surface area contributed by atoms with E-state index in [0.29, 0.717) is 0 Å². The van der Waals surface area contributed by atoms with Crippen molar-refractivity contribution in [3.63, 3.8) is 0 Å². The van der Waals surface area contributed by atoms with Crippen LogP contribution in [0.2, 0.25) is 0 Å². The van der Waals surface area contributed by atoms with Gasteiger partial charge < -0.3 is 10.6 Å². The van der Waals surface area contributed by atoms with E-state index in [0.717, 1.165) is 18.2 Å². The molecule has 0 saturated carbocycles.